The number of methoxy groups -OCH3 is 1. The lowest BCUT2D eigenvalue weighted by Gasteiger charge is -2.38. The number of Topliss-reactive ketones (excluding diaryl/α,β-unsaturated/α-hetero) is 2. The lowest BCUT2D eigenvalue weighted by atomic mass is 9.88. The van der Waals surface area contributed by atoms with Gasteiger partial charge in [-0.3, -0.25) is 19.2 Å². The zero-order chi connectivity index (χ0) is 28.4. The van der Waals surface area contributed by atoms with Gasteiger partial charge < -0.3 is 46.1 Å². The first kappa shape index (κ1) is 32.3. The number of hydrogen-bond acceptors (Lipinski definition) is 12. The van der Waals surface area contributed by atoms with E-state index in [1.54, 1.807) is 32.4 Å². The van der Waals surface area contributed by atoms with Crippen molar-refractivity contribution in [3.05, 3.63) is 0 Å². The van der Waals surface area contributed by atoms with Crippen molar-refractivity contribution in [2.24, 2.45) is 0 Å². The Kier molecular flexibility index (Phi) is 13.3. The smallest absolute Gasteiger partial charge is 0.373 e. The molecule has 6 unspecified atom stereocenters. The second-order valence-electron chi connectivity index (χ2n) is 10.3. The fourth-order valence-electron chi connectivity index (χ4n) is 5.06. The first-order chi connectivity index (χ1) is 17.9. The summed E-state index contributed by atoms with van der Waals surface area (Å²) in [6, 6.07) is -0.881. The fraction of sp³-hybridized carbons (Fsp3) is 0.826. The van der Waals surface area contributed by atoms with Crippen LogP contribution < -0.4 is 26.4 Å². The summed E-state index contributed by atoms with van der Waals surface area (Å²) in [5.74, 6) is -0.195. The number of rotatable bonds is 12. The van der Waals surface area contributed by atoms with E-state index in [4.69, 9.17) is 4.74 Å². The van der Waals surface area contributed by atoms with Crippen LogP contribution in [-0.4, -0.2) is 122 Å². The standard InChI is InChI=1S/C12H24BN3O4.C11H20BN3O3/c1-8(17)10-5-4-9(16-10)6-14-11(12(18)20-3)7-15-13(2)19;1-7(16)10-4-3-8-5-13-9(6-14-12(2)18)11(17)15(8)10/h9-11,14-16,19H,4-7H2,1-3H3;8-10,13-14,18H,3-6H2,1-2H3. The first-order valence-corrected chi connectivity index (χ1v) is 13.4. The van der Waals surface area contributed by atoms with Gasteiger partial charge in [0, 0.05) is 38.3 Å². The highest BCUT2D eigenvalue weighted by atomic mass is 16.5. The summed E-state index contributed by atoms with van der Waals surface area (Å²) in [7, 11) is 0.00840. The maximum atomic E-state index is 12.3. The number of hydrogen-bond donors (Lipinski definition) is 7. The molecule has 0 saturated carbocycles. The Balaban J connectivity index is 0.000000268. The van der Waals surface area contributed by atoms with Crippen LogP contribution in [-0.2, 0) is 23.9 Å². The molecule has 0 radical (unpaired) electrons. The number of amides is 1. The summed E-state index contributed by atoms with van der Waals surface area (Å²) < 4.78 is 4.72. The molecule has 3 heterocycles. The van der Waals surface area contributed by atoms with Gasteiger partial charge in [-0.05, 0) is 53.2 Å². The van der Waals surface area contributed by atoms with Crippen molar-refractivity contribution in [2.45, 2.75) is 89.4 Å². The Morgan fingerprint density at radius 3 is 2.29 bits per heavy atom. The van der Waals surface area contributed by atoms with Crippen LogP contribution in [0.15, 0.2) is 0 Å². The van der Waals surface area contributed by atoms with Gasteiger partial charge in [0.05, 0.1) is 25.2 Å². The van der Waals surface area contributed by atoms with Gasteiger partial charge in [0.25, 0.3) is 0 Å². The Morgan fingerprint density at radius 1 is 1.05 bits per heavy atom. The molecule has 0 aliphatic carbocycles. The fourth-order valence-corrected chi connectivity index (χ4v) is 5.06. The van der Waals surface area contributed by atoms with Crippen LogP contribution in [0.25, 0.3) is 0 Å². The van der Waals surface area contributed by atoms with E-state index in [0.29, 0.717) is 13.1 Å². The molecule has 214 valence electrons. The molecule has 3 saturated heterocycles. The molecular formula is C23H44B2N6O7. The third kappa shape index (κ3) is 9.70. The predicted molar refractivity (Wildman–Crippen MR) is 144 cm³/mol. The van der Waals surface area contributed by atoms with Gasteiger partial charge in [-0.25, -0.2) is 0 Å². The van der Waals surface area contributed by atoms with Crippen LogP contribution in [0.5, 0.6) is 0 Å². The molecule has 0 aromatic rings. The number of carbonyl (C=O) groups is 4. The summed E-state index contributed by atoms with van der Waals surface area (Å²) >= 11 is 0. The number of ether oxygens (including phenoxy) is 1. The Morgan fingerprint density at radius 2 is 1.74 bits per heavy atom. The normalized spacial score (nSPS) is 27.2. The van der Waals surface area contributed by atoms with E-state index in [2.05, 4.69) is 26.4 Å². The van der Waals surface area contributed by atoms with E-state index >= 15 is 0 Å². The molecule has 6 atom stereocenters. The van der Waals surface area contributed by atoms with Crippen molar-refractivity contribution in [1.82, 2.24) is 31.3 Å². The largest absolute Gasteiger partial charge is 0.468 e. The maximum absolute atomic E-state index is 12.3. The average molecular weight is 538 g/mol. The zero-order valence-electron chi connectivity index (χ0n) is 23.2. The molecule has 38 heavy (non-hydrogen) atoms. The van der Waals surface area contributed by atoms with Crippen LogP contribution in [0.4, 0.5) is 0 Å². The van der Waals surface area contributed by atoms with E-state index < -0.39 is 20.1 Å². The molecule has 15 heteroatoms. The molecule has 1 amide bonds. The van der Waals surface area contributed by atoms with Crippen LogP contribution in [0.3, 0.4) is 0 Å². The van der Waals surface area contributed by atoms with Gasteiger partial charge in [0.15, 0.2) is 5.78 Å². The molecule has 0 aromatic heterocycles. The van der Waals surface area contributed by atoms with Gasteiger partial charge in [-0.2, -0.15) is 0 Å². The SMILES string of the molecule is CB(O)NCC1NCC2CCC(C(C)=O)N2C1=O.COC(=O)C(CNB(C)O)NCC1CCC(C(C)=O)N1. The number of fused-ring (bicyclic) bond motifs is 1. The third-order valence-corrected chi connectivity index (χ3v) is 7.19. The van der Waals surface area contributed by atoms with Crippen molar-refractivity contribution in [3.63, 3.8) is 0 Å². The summed E-state index contributed by atoms with van der Waals surface area (Å²) in [5.41, 5.74) is 0. The number of ketones is 2. The Labute approximate surface area is 225 Å². The second kappa shape index (κ2) is 15.7. The molecule has 3 fully saturated rings. The third-order valence-electron chi connectivity index (χ3n) is 7.19. The van der Waals surface area contributed by atoms with Crippen molar-refractivity contribution < 1.29 is 34.0 Å². The van der Waals surface area contributed by atoms with E-state index in [-0.39, 0.29) is 60.2 Å². The van der Waals surface area contributed by atoms with E-state index in [0.717, 1.165) is 32.2 Å². The number of nitrogens with one attached hydrogen (secondary N) is 5. The highest BCUT2D eigenvalue weighted by molar-refractivity contribution is 6.45. The molecule has 13 nitrogen and oxygen atoms in total. The van der Waals surface area contributed by atoms with E-state index in [1.165, 1.54) is 7.11 Å². The van der Waals surface area contributed by atoms with Gasteiger partial charge in [0.1, 0.15) is 11.8 Å². The predicted octanol–water partition coefficient (Wildman–Crippen LogP) is -2.87. The summed E-state index contributed by atoms with van der Waals surface area (Å²) in [6.45, 7) is 8.29. The van der Waals surface area contributed by atoms with Crippen LogP contribution >= 0.6 is 0 Å². The van der Waals surface area contributed by atoms with E-state index in [1.807, 2.05) is 0 Å². The summed E-state index contributed by atoms with van der Waals surface area (Å²) in [5, 5.41) is 33.5. The Bertz CT molecular complexity index is 821. The highest BCUT2D eigenvalue weighted by Crippen LogP contribution is 2.27. The minimum absolute atomic E-state index is 0.0305. The number of esters is 1. The highest BCUT2D eigenvalue weighted by Gasteiger charge is 2.44. The molecule has 3 aliphatic rings. The summed E-state index contributed by atoms with van der Waals surface area (Å²) in [4.78, 5) is 48.5. The number of nitrogens with zero attached hydrogens (tertiary/aromatic N) is 1. The molecule has 0 bridgehead atoms. The second-order valence-corrected chi connectivity index (χ2v) is 10.3. The van der Waals surface area contributed by atoms with Crippen LogP contribution in [0.1, 0.15) is 39.5 Å². The van der Waals surface area contributed by atoms with Crippen LogP contribution in [0, 0.1) is 0 Å². The molecule has 3 rings (SSSR count). The quantitative estimate of drug-likeness (QED) is 0.0999. The monoisotopic (exact) mass is 538 g/mol. The maximum Gasteiger partial charge on any atom is 0.373 e. The molecular weight excluding hydrogens is 494 g/mol. The molecule has 3 aliphatic heterocycles. The molecule has 7 N–H and O–H groups in total. The molecule has 0 aromatic carbocycles. The number of carbonyl (C=O) groups excluding carboxylic acids is 4. The molecule has 0 spiro atoms. The van der Waals surface area contributed by atoms with E-state index in [9.17, 15) is 29.2 Å². The summed E-state index contributed by atoms with van der Waals surface area (Å²) in [6.07, 6.45) is 3.38. The van der Waals surface area contributed by atoms with Gasteiger partial charge in [0.2, 0.25) is 5.91 Å². The zero-order valence-corrected chi connectivity index (χ0v) is 23.2. The number of piperazine rings is 1. The Hall–Kier alpha value is -1.87. The minimum atomic E-state index is -0.685. The lowest BCUT2D eigenvalue weighted by molar-refractivity contribution is -0.143. The van der Waals surface area contributed by atoms with Crippen LogP contribution in [0.2, 0.25) is 13.6 Å². The van der Waals surface area contributed by atoms with Crippen molar-refractivity contribution >= 4 is 37.5 Å². The average Bonchev–Trinajstić information content (AvgIpc) is 3.51. The van der Waals surface area contributed by atoms with Crippen molar-refractivity contribution in [2.75, 3.05) is 33.3 Å². The first-order valence-electron chi connectivity index (χ1n) is 13.4. The topological polar surface area (TPSA) is 181 Å². The lowest BCUT2D eigenvalue weighted by Crippen LogP contribution is -2.63. The van der Waals surface area contributed by atoms with Crippen molar-refractivity contribution in [1.29, 1.82) is 0 Å². The van der Waals surface area contributed by atoms with Gasteiger partial charge in [-0.15, -0.1) is 0 Å². The van der Waals surface area contributed by atoms with Gasteiger partial charge in [-0.1, -0.05) is 0 Å². The minimum Gasteiger partial charge on any atom is -0.468 e. The van der Waals surface area contributed by atoms with Crippen molar-refractivity contribution in [3.8, 4) is 0 Å². The van der Waals surface area contributed by atoms with Gasteiger partial charge >= 0.3 is 20.1 Å².